The van der Waals surface area contributed by atoms with Crippen LogP contribution in [-0.4, -0.2) is 43.5 Å². The Morgan fingerprint density at radius 2 is 1.79 bits per heavy atom. The summed E-state index contributed by atoms with van der Waals surface area (Å²) in [5.74, 6) is 3.22. The Bertz CT molecular complexity index is 830. The van der Waals surface area contributed by atoms with Crippen LogP contribution in [0.3, 0.4) is 0 Å². The molecule has 8 heteroatoms. The van der Waals surface area contributed by atoms with E-state index in [0.717, 1.165) is 30.0 Å². The summed E-state index contributed by atoms with van der Waals surface area (Å²) in [6.45, 7) is 0.818. The van der Waals surface area contributed by atoms with Gasteiger partial charge in [0.15, 0.2) is 0 Å². The number of aromatic hydroxyl groups is 1. The molecule has 148 valence electrons. The van der Waals surface area contributed by atoms with Gasteiger partial charge >= 0.3 is 0 Å². The molecule has 4 aliphatic carbocycles. The number of phenolic OH excluding ortho intramolecular Hbond substituents is 1. The minimum Gasteiger partial charge on any atom is -0.508 e. The van der Waals surface area contributed by atoms with Gasteiger partial charge in [0.1, 0.15) is 5.75 Å². The van der Waals surface area contributed by atoms with Crippen LogP contribution in [0.2, 0.25) is 0 Å². The van der Waals surface area contributed by atoms with E-state index in [2.05, 4.69) is 20.8 Å². The number of benzene rings is 1. The Morgan fingerprint density at radius 1 is 1.14 bits per heavy atom. The highest BCUT2D eigenvalue weighted by Crippen LogP contribution is 2.59. The standard InChI is InChI=1S/C20H25N5O2S/c26-17-3-1-16(2-4-17)25-19(22-23-24-25)28-11-18(27)21-12-20-8-13-5-14(9-20)7-15(6-13)10-20/h1-4,13-15,26H,5-12H2,(H,21,27). The van der Waals surface area contributed by atoms with Crippen molar-refractivity contribution >= 4 is 17.7 Å². The maximum atomic E-state index is 12.5. The van der Waals surface area contributed by atoms with Crippen molar-refractivity contribution in [2.45, 2.75) is 43.7 Å². The van der Waals surface area contributed by atoms with E-state index in [-0.39, 0.29) is 11.7 Å². The fourth-order valence-corrected chi connectivity index (χ4v) is 6.72. The molecular weight excluding hydrogens is 374 g/mol. The Morgan fingerprint density at radius 3 is 2.43 bits per heavy atom. The van der Waals surface area contributed by atoms with Crippen LogP contribution >= 0.6 is 11.8 Å². The van der Waals surface area contributed by atoms with Crippen LogP contribution in [0, 0.1) is 23.2 Å². The molecule has 7 nitrogen and oxygen atoms in total. The average Bonchev–Trinajstić information content (AvgIpc) is 3.13. The van der Waals surface area contributed by atoms with E-state index >= 15 is 0 Å². The summed E-state index contributed by atoms with van der Waals surface area (Å²) in [4.78, 5) is 12.5. The maximum Gasteiger partial charge on any atom is 0.230 e. The van der Waals surface area contributed by atoms with Crippen LogP contribution in [-0.2, 0) is 4.79 Å². The van der Waals surface area contributed by atoms with Crippen LogP contribution in [0.5, 0.6) is 5.75 Å². The molecule has 2 N–H and O–H groups in total. The Kier molecular flexibility index (Phi) is 4.53. The van der Waals surface area contributed by atoms with Gasteiger partial charge in [0.2, 0.25) is 11.1 Å². The molecule has 0 atom stereocenters. The van der Waals surface area contributed by atoms with E-state index in [1.54, 1.807) is 28.9 Å². The second-order valence-corrected chi connectivity index (χ2v) is 9.82. The highest BCUT2D eigenvalue weighted by atomic mass is 32.2. The molecule has 6 rings (SSSR count). The second kappa shape index (κ2) is 7.06. The molecule has 4 bridgehead atoms. The number of carbonyl (C=O) groups excluding carboxylic acids is 1. The van der Waals surface area contributed by atoms with Crippen molar-refractivity contribution in [1.29, 1.82) is 0 Å². The first kappa shape index (κ1) is 18.0. The molecule has 4 fully saturated rings. The van der Waals surface area contributed by atoms with E-state index in [1.165, 1.54) is 50.3 Å². The van der Waals surface area contributed by atoms with Crippen molar-refractivity contribution < 1.29 is 9.90 Å². The molecule has 1 amide bonds. The normalized spacial score (nSPS) is 30.5. The van der Waals surface area contributed by atoms with E-state index in [1.807, 2.05) is 0 Å². The van der Waals surface area contributed by atoms with Gasteiger partial charge in [-0.25, -0.2) is 0 Å². The minimum absolute atomic E-state index is 0.0426. The summed E-state index contributed by atoms with van der Waals surface area (Å²) < 4.78 is 1.58. The highest BCUT2D eigenvalue weighted by molar-refractivity contribution is 7.99. The number of nitrogens with zero attached hydrogens (tertiary/aromatic N) is 4. The van der Waals surface area contributed by atoms with Gasteiger partial charge in [-0.05, 0) is 96.4 Å². The monoisotopic (exact) mass is 399 g/mol. The van der Waals surface area contributed by atoms with Crippen molar-refractivity contribution in [2.75, 3.05) is 12.3 Å². The third-order valence-corrected chi connectivity index (χ3v) is 7.61. The average molecular weight is 400 g/mol. The number of thioether (sulfide) groups is 1. The summed E-state index contributed by atoms with van der Waals surface area (Å²) in [5, 5.41) is 24.9. The number of carbonyl (C=O) groups is 1. The van der Waals surface area contributed by atoms with Crippen molar-refractivity contribution in [1.82, 2.24) is 25.5 Å². The maximum absolute atomic E-state index is 12.5. The quantitative estimate of drug-likeness (QED) is 0.726. The van der Waals surface area contributed by atoms with E-state index in [9.17, 15) is 9.90 Å². The zero-order chi connectivity index (χ0) is 19.1. The molecule has 1 aromatic carbocycles. The van der Waals surface area contributed by atoms with E-state index in [4.69, 9.17) is 0 Å². The predicted octanol–water partition coefficient (Wildman–Crippen LogP) is 2.79. The SMILES string of the molecule is O=C(CSc1nnnn1-c1ccc(O)cc1)NCC12CC3CC(CC(C3)C1)C2. The van der Waals surface area contributed by atoms with Gasteiger partial charge in [-0.3, -0.25) is 4.79 Å². The third kappa shape index (κ3) is 3.50. The lowest BCUT2D eigenvalue weighted by molar-refractivity contribution is -0.120. The largest absolute Gasteiger partial charge is 0.508 e. The van der Waals surface area contributed by atoms with Gasteiger partial charge in [0.05, 0.1) is 11.4 Å². The Labute approximate surface area is 168 Å². The molecule has 1 heterocycles. The lowest BCUT2D eigenvalue weighted by Gasteiger charge is -2.56. The lowest BCUT2D eigenvalue weighted by Crippen LogP contribution is -2.51. The topological polar surface area (TPSA) is 92.9 Å². The highest BCUT2D eigenvalue weighted by Gasteiger charge is 2.50. The molecule has 4 saturated carbocycles. The number of rotatable bonds is 6. The molecule has 1 aromatic heterocycles. The van der Waals surface area contributed by atoms with Crippen LogP contribution in [0.1, 0.15) is 38.5 Å². The summed E-state index contributed by atoms with van der Waals surface area (Å²) >= 11 is 1.33. The zero-order valence-electron chi connectivity index (χ0n) is 15.8. The molecular formula is C20H25N5O2S. The van der Waals surface area contributed by atoms with Gasteiger partial charge in [-0.2, -0.15) is 4.68 Å². The third-order valence-electron chi connectivity index (χ3n) is 6.69. The molecule has 28 heavy (non-hydrogen) atoms. The summed E-state index contributed by atoms with van der Waals surface area (Å²) in [7, 11) is 0. The molecule has 0 radical (unpaired) electrons. The number of hydrogen-bond donors (Lipinski definition) is 2. The van der Waals surface area contributed by atoms with Gasteiger partial charge in [-0.15, -0.1) is 5.10 Å². The second-order valence-electron chi connectivity index (χ2n) is 8.87. The first-order valence-corrected chi connectivity index (χ1v) is 11.0. The van der Waals surface area contributed by atoms with Crippen LogP contribution in [0.25, 0.3) is 5.69 Å². The van der Waals surface area contributed by atoms with Crippen LogP contribution < -0.4 is 5.32 Å². The number of phenols is 1. The van der Waals surface area contributed by atoms with Gasteiger partial charge < -0.3 is 10.4 Å². The number of aromatic nitrogens is 4. The molecule has 4 aliphatic rings. The fraction of sp³-hybridized carbons (Fsp3) is 0.600. The first-order valence-electron chi connectivity index (χ1n) is 10.1. The van der Waals surface area contributed by atoms with Crippen LogP contribution in [0.15, 0.2) is 29.4 Å². The molecule has 2 aromatic rings. The molecule has 0 unspecified atom stereocenters. The van der Waals surface area contributed by atoms with Crippen LogP contribution in [0.4, 0.5) is 0 Å². The van der Waals surface area contributed by atoms with E-state index < -0.39 is 0 Å². The van der Waals surface area contributed by atoms with E-state index in [0.29, 0.717) is 16.3 Å². The minimum atomic E-state index is 0.0426. The van der Waals surface area contributed by atoms with Gasteiger partial charge in [-0.1, -0.05) is 11.8 Å². The number of nitrogens with one attached hydrogen (secondary N) is 1. The fourth-order valence-electron chi connectivity index (χ4n) is 6.00. The van der Waals surface area contributed by atoms with Crippen molar-refractivity contribution in [3.05, 3.63) is 24.3 Å². The molecule has 0 spiro atoms. The number of tetrazole rings is 1. The number of hydrogen-bond acceptors (Lipinski definition) is 6. The predicted molar refractivity (Wildman–Crippen MR) is 105 cm³/mol. The van der Waals surface area contributed by atoms with Gasteiger partial charge in [0, 0.05) is 6.54 Å². The first-order chi connectivity index (χ1) is 13.6. The molecule has 0 aliphatic heterocycles. The van der Waals surface area contributed by atoms with Crippen molar-refractivity contribution in [3.8, 4) is 11.4 Å². The smallest absolute Gasteiger partial charge is 0.230 e. The van der Waals surface area contributed by atoms with Crippen molar-refractivity contribution in [2.24, 2.45) is 23.2 Å². The van der Waals surface area contributed by atoms with Gasteiger partial charge in [0.25, 0.3) is 0 Å². The summed E-state index contributed by atoms with van der Waals surface area (Å²) in [6, 6.07) is 6.65. The summed E-state index contributed by atoms with van der Waals surface area (Å²) in [6.07, 6.45) is 8.15. The Balaban J connectivity index is 1.17. The summed E-state index contributed by atoms with van der Waals surface area (Å²) in [5.41, 5.74) is 1.10. The number of amides is 1. The molecule has 0 saturated heterocycles. The lowest BCUT2D eigenvalue weighted by atomic mass is 9.49. The Hall–Kier alpha value is -2.09. The van der Waals surface area contributed by atoms with Crippen molar-refractivity contribution in [3.63, 3.8) is 0 Å². The zero-order valence-corrected chi connectivity index (χ0v) is 16.6.